The lowest BCUT2D eigenvalue weighted by Gasteiger charge is -2.38. The zero-order valence-electron chi connectivity index (χ0n) is 7.88. The number of rotatable bonds is 1. The van der Waals surface area contributed by atoms with E-state index in [0.29, 0.717) is 5.92 Å². The molecule has 4 atom stereocenters. The minimum absolute atomic E-state index is 0.0214. The van der Waals surface area contributed by atoms with Gasteiger partial charge in [0, 0.05) is 17.4 Å². The molecule has 0 radical (unpaired) electrons. The lowest BCUT2D eigenvalue weighted by Crippen LogP contribution is -2.39. The van der Waals surface area contributed by atoms with Crippen molar-refractivity contribution in [1.82, 2.24) is 0 Å². The van der Waals surface area contributed by atoms with E-state index in [2.05, 4.69) is 13.8 Å². The number of fused-ring (bicyclic) bond motifs is 2. The maximum atomic E-state index is 9.83. The van der Waals surface area contributed by atoms with Gasteiger partial charge in [-0.3, -0.25) is 0 Å². The minimum atomic E-state index is -0.187. The van der Waals surface area contributed by atoms with Crippen LogP contribution in [0.1, 0.15) is 33.1 Å². The van der Waals surface area contributed by atoms with Crippen LogP contribution in [0.2, 0.25) is 0 Å². The fraction of sp³-hybridized carbons (Fsp3) is 1.00. The molecule has 2 fully saturated rings. The van der Waals surface area contributed by atoms with Crippen molar-refractivity contribution in [3.63, 3.8) is 0 Å². The van der Waals surface area contributed by atoms with Crippen LogP contribution < -0.4 is 0 Å². The van der Waals surface area contributed by atoms with Gasteiger partial charge in [0.25, 0.3) is 0 Å². The predicted octanol–water partition coefficient (Wildman–Crippen LogP) is 1.17. The van der Waals surface area contributed by atoms with E-state index < -0.39 is 0 Å². The zero-order chi connectivity index (χ0) is 8.98. The van der Waals surface area contributed by atoms with E-state index >= 15 is 0 Å². The maximum absolute atomic E-state index is 9.83. The molecular weight excluding hydrogens is 152 g/mol. The molecule has 0 aliphatic heterocycles. The average Bonchev–Trinajstić information content (AvgIpc) is 2.39. The van der Waals surface area contributed by atoms with Gasteiger partial charge in [0.1, 0.15) is 0 Å². The van der Waals surface area contributed by atoms with E-state index in [1.807, 2.05) is 0 Å². The quantitative estimate of drug-likeness (QED) is 0.620. The molecule has 12 heavy (non-hydrogen) atoms. The highest BCUT2D eigenvalue weighted by atomic mass is 16.3. The Balaban J connectivity index is 2.38. The van der Waals surface area contributed by atoms with Gasteiger partial charge in [0.2, 0.25) is 0 Å². The summed E-state index contributed by atoms with van der Waals surface area (Å²) >= 11 is 0. The molecule has 2 bridgehead atoms. The highest BCUT2D eigenvalue weighted by molar-refractivity contribution is 5.12. The van der Waals surface area contributed by atoms with Gasteiger partial charge >= 0.3 is 0 Å². The molecule has 0 aromatic heterocycles. The second kappa shape index (κ2) is 2.24. The van der Waals surface area contributed by atoms with E-state index in [1.54, 1.807) is 0 Å². The second-order valence-electron chi connectivity index (χ2n) is 4.98. The molecule has 2 saturated carbocycles. The Labute approximate surface area is 73.6 Å². The first kappa shape index (κ1) is 8.52. The van der Waals surface area contributed by atoms with Gasteiger partial charge in [0.15, 0.2) is 0 Å². The summed E-state index contributed by atoms with van der Waals surface area (Å²) in [5.41, 5.74) is -0.0428. The zero-order valence-corrected chi connectivity index (χ0v) is 7.88. The smallest absolute Gasteiger partial charge is 0.0602 e. The first-order valence-electron chi connectivity index (χ1n) is 4.83. The Morgan fingerprint density at radius 1 is 1.42 bits per heavy atom. The summed E-state index contributed by atoms with van der Waals surface area (Å²) < 4.78 is 0. The molecule has 0 aromatic rings. The number of hydrogen-bond donors (Lipinski definition) is 2. The molecule has 70 valence electrons. The molecule has 2 aliphatic rings. The van der Waals surface area contributed by atoms with E-state index in [4.69, 9.17) is 0 Å². The van der Waals surface area contributed by atoms with Crippen LogP contribution >= 0.6 is 0 Å². The van der Waals surface area contributed by atoms with Crippen LogP contribution in [0.5, 0.6) is 0 Å². The second-order valence-corrected chi connectivity index (χ2v) is 4.98. The van der Waals surface area contributed by atoms with Crippen LogP contribution in [0.15, 0.2) is 0 Å². The van der Waals surface area contributed by atoms with Crippen LogP contribution in [0.3, 0.4) is 0 Å². The Bertz CT molecular complexity index is 202. The number of aliphatic hydroxyl groups excluding tert-OH is 2. The van der Waals surface area contributed by atoms with Crippen molar-refractivity contribution in [1.29, 1.82) is 0 Å². The van der Waals surface area contributed by atoms with E-state index in [-0.39, 0.29) is 23.5 Å². The predicted molar refractivity (Wildman–Crippen MR) is 46.6 cm³/mol. The largest absolute Gasteiger partial charge is 0.396 e. The summed E-state index contributed by atoms with van der Waals surface area (Å²) in [5.74, 6) is 0.544. The molecule has 0 unspecified atom stereocenters. The average molecular weight is 170 g/mol. The van der Waals surface area contributed by atoms with Gasteiger partial charge in [0.05, 0.1) is 6.10 Å². The van der Waals surface area contributed by atoms with Crippen molar-refractivity contribution in [3.05, 3.63) is 0 Å². The van der Waals surface area contributed by atoms with E-state index in [0.717, 1.165) is 12.8 Å². The molecule has 2 N–H and O–H groups in total. The Morgan fingerprint density at radius 3 is 2.33 bits per heavy atom. The van der Waals surface area contributed by atoms with Crippen molar-refractivity contribution < 1.29 is 10.2 Å². The van der Waals surface area contributed by atoms with E-state index in [9.17, 15) is 10.2 Å². The Hall–Kier alpha value is -0.0800. The Kier molecular flexibility index (Phi) is 1.59. The van der Waals surface area contributed by atoms with Gasteiger partial charge in [-0.25, -0.2) is 0 Å². The van der Waals surface area contributed by atoms with Crippen molar-refractivity contribution in [3.8, 4) is 0 Å². The SMILES string of the molecule is C[C@]1(CO)[C@@H]2CC[C@@]1(C)[C@@H](O)C2. The summed E-state index contributed by atoms with van der Waals surface area (Å²) in [4.78, 5) is 0. The summed E-state index contributed by atoms with van der Waals surface area (Å²) in [5, 5.41) is 19.2. The molecular formula is C10H18O2. The molecule has 0 saturated heterocycles. The third kappa shape index (κ3) is 0.686. The first-order valence-corrected chi connectivity index (χ1v) is 4.83. The third-order valence-corrected chi connectivity index (χ3v) is 4.79. The molecule has 0 heterocycles. The van der Waals surface area contributed by atoms with Gasteiger partial charge < -0.3 is 10.2 Å². The fourth-order valence-corrected chi connectivity index (χ4v) is 3.31. The number of hydrogen-bond acceptors (Lipinski definition) is 2. The normalized spacial score (nSPS) is 58.0. The molecule has 2 nitrogen and oxygen atoms in total. The van der Waals surface area contributed by atoms with E-state index in [1.165, 1.54) is 6.42 Å². The number of aliphatic hydroxyl groups is 2. The molecule has 2 heteroatoms. The summed E-state index contributed by atoms with van der Waals surface area (Å²) in [6.45, 7) is 4.48. The van der Waals surface area contributed by atoms with Gasteiger partial charge in [-0.05, 0) is 25.2 Å². The molecule has 2 aliphatic carbocycles. The van der Waals surface area contributed by atoms with Crippen LogP contribution in [0, 0.1) is 16.7 Å². The van der Waals surface area contributed by atoms with Gasteiger partial charge in [-0.15, -0.1) is 0 Å². The molecule has 0 amide bonds. The van der Waals surface area contributed by atoms with Crippen LogP contribution in [0.4, 0.5) is 0 Å². The summed E-state index contributed by atoms with van der Waals surface area (Å²) in [6.07, 6.45) is 2.97. The van der Waals surface area contributed by atoms with Gasteiger partial charge in [-0.1, -0.05) is 13.8 Å². The van der Waals surface area contributed by atoms with Crippen molar-refractivity contribution in [2.75, 3.05) is 6.61 Å². The topological polar surface area (TPSA) is 40.5 Å². The lowest BCUT2D eigenvalue weighted by molar-refractivity contribution is -0.0213. The Morgan fingerprint density at radius 2 is 2.08 bits per heavy atom. The molecule has 0 aromatic carbocycles. The van der Waals surface area contributed by atoms with Crippen molar-refractivity contribution in [2.45, 2.75) is 39.2 Å². The standard InChI is InChI=1S/C10H18O2/c1-9-4-3-7(5-8(9)12)10(9,2)6-11/h7-8,11-12H,3-6H2,1-2H3/t7-,8+,9+,10+/m1/s1. The lowest BCUT2D eigenvalue weighted by atomic mass is 9.69. The fourth-order valence-electron chi connectivity index (χ4n) is 3.31. The highest BCUT2D eigenvalue weighted by Gasteiger charge is 2.63. The van der Waals surface area contributed by atoms with Crippen molar-refractivity contribution in [2.24, 2.45) is 16.7 Å². The van der Waals surface area contributed by atoms with Gasteiger partial charge in [-0.2, -0.15) is 0 Å². The maximum Gasteiger partial charge on any atom is 0.0602 e. The highest BCUT2D eigenvalue weighted by Crippen LogP contribution is 2.65. The minimum Gasteiger partial charge on any atom is -0.396 e. The third-order valence-electron chi connectivity index (χ3n) is 4.79. The van der Waals surface area contributed by atoms with Crippen LogP contribution in [0.25, 0.3) is 0 Å². The molecule has 2 rings (SSSR count). The van der Waals surface area contributed by atoms with Crippen molar-refractivity contribution >= 4 is 0 Å². The summed E-state index contributed by atoms with van der Waals surface area (Å²) in [6, 6.07) is 0. The van der Waals surface area contributed by atoms with Crippen LogP contribution in [-0.2, 0) is 0 Å². The summed E-state index contributed by atoms with van der Waals surface area (Å²) in [7, 11) is 0. The van der Waals surface area contributed by atoms with Crippen LogP contribution in [-0.4, -0.2) is 22.9 Å². The molecule has 0 spiro atoms. The first-order chi connectivity index (χ1) is 5.54. The monoisotopic (exact) mass is 170 g/mol.